The average Bonchev–Trinajstić information content (AvgIpc) is 2.68. The van der Waals surface area contributed by atoms with Crippen molar-refractivity contribution < 1.29 is 31.5 Å². The van der Waals surface area contributed by atoms with E-state index in [1.165, 1.54) is 24.5 Å². The van der Waals surface area contributed by atoms with Crippen LogP contribution in [-0.4, -0.2) is 22.1 Å². The predicted octanol–water partition coefficient (Wildman–Crippen LogP) is 4.35. The van der Waals surface area contributed by atoms with E-state index in [4.69, 9.17) is 0 Å². The number of pyridine rings is 2. The molecule has 2 aromatic heterocycles. The fourth-order valence-electron chi connectivity index (χ4n) is 2.86. The van der Waals surface area contributed by atoms with Crippen molar-refractivity contribution in [2.75, 3.05) is 0 Å². The van der Waals surface area contributed by atoms with Gasteiger partial charge in [-0.25, -0.2) is 8.78 Å². The van der Waals surface area contributed by atoms with Gasteiger partial charge in [-0.2, -0.15) is 0 Å². The number of rotatable bonds is 6. The Hall–Kier alpha value is -3.56. The first-order valence-electron chi connectivity index (χ1n) is 8.51. The van der Waals surface area contributed by atoms with E-state index in [0.29, 0.717) is 0 Å². The first-order valence-corrected chi connectivity index (χ1v) is 8.51. The van der Waals surface area contributed by atoms with Crippen LogP contribution < -0.4 is 10.3 Å². The molecule has 2 heterocycles. The molecule has 0 aliphatic rings. The van der Waals surface area contributed by atoms with Gasteiger partial charge in [0, 0.05) is 36.4 Å². The van der Waals surface area contributed by atoms with E-state index in [1.807, 2.05) is 0 Å². The third-order valence-electron chi connectivity index (χ3n) is 4.20. The van der Waals surface area contributed by atoms with Crippen LogP contribution in [0.4, 0.5) is 22.0 Å². The standard InChI is InChI=1S/C20H13F5N2O3/c21-14-2-1-7-26-19(14)13(9-16(28)12-4-6-18(29)27-10-12)11-3-5-17(15(22)8-11)30-20(23,24)25/h1-8,10,13H,9H2,(H,27,29)/t13-/m0/s1. The Labute approximate surface area is 166 Å². The lowest BCUT2D eigenvalue weighted by Crippen LogP contribution is -2.18. The molecule has 0 aliphatic heterocycles. The van der Waals surface area contributed by atoms with Gasteiger partial charge in [0.1, 0.15) is 5.82 Å². The Bertz CT molecular complexity index is 1110. The molecule has 156 valence electrons. The van der Waals surface area contributed by atoms with Crippen LogP contribution in [-0.2, 0) is 0 Å². The predicted molar refractivity (Wildman–Crippen MR) is 95.1 cm³/mol. The highest BCUT2D eigenvalue weighted by Crippen LogP contribution is 2.33. The summed E-state index contributed by atoms with van der Waals surface area (Å²) in [6.07, 6.45) is -3.02. The molecule has 0 radical (unpaired) electrons. The number of nitrogens with one attached hydrogen (secondary N) is 1. The van der Waals surface area contributed by atoms with E-state index in [9.17, 15) is 31.5 Å². The molecule has 10 heteroatoms. The van der Waals surface area contributed by atoms with Gasteiger partial charge in [-0.15, -0.1) is 13.2 Å². The minimum Gasteiger partial charge on any atom is -0.403 e. The third-order valence-corrected chi connectivity index (χ3v) is 4.20. The summed E-state index contributed by atoms with van der Waals surface area (Å²) in [5, 5.41) is 0. The second-order valence-corrected chi connectivity index (χ2v) is 6.23. The van der Waals surface area contributed by atoms with Gasteiger partial charge >= 0.3 is 6.36 Å². The van der Waals surface area contributed by atoms with Crippen molar-refractivity contribution in [1.82, 2.24) is 9.97 Å². The van der Waals surface area contributed by atoms with Gasteiger partial charge in [-0.05, 0) is 35.9 Å². The van der Waals surface area contributed by atoms with Crippen molar-refractivity contribution in [2.24, 2.45) is 0 Å². The monoisotopic (exact) mass is 424 g/mol. The van der Waals surface area contributed by atoms with E-state index in [1.54, 1.807) is 0 Å². The van der Waals surface area contributed by atoms with Gasteiger partial charge in [0.05, 0.1) is 5.69 Å². The topological polar surface area (TPSA) is 72.0 Å². The number of hydrogen-bond acceptors (Lipinski definition) is 4. The van der Waals surface area contributed by atoms with Crippen LogP contribution in [0.15, 0.2) is 59.7 Å². The number of aromatic nitrogens is 2. The highest BCUT2D eigenvalue weighted by molar-refractivity contribution is 5.96. The quantitative estimate of drug-likeness (QED) is 0.472. The summed E-state index contributed by atoms with van der Waals surface area (Å²) in [7, 11) is 0. The molecule has 0 saturated heterocycles. The van der Waals surface area contributed by atoms with E-state index in [0.717, 1.165) is 30.3 Å². The maximum atomic E-state index is 14.3. The van der Waals surface area contributed by atoms with E-state index in [2.05, 4.69) is 14.7 Å². The lowest BCUT2D eigenvalue weighted by molar-refractivity contribution is -0.275. The smallest absolute Gasteiger partial charge is 0.403 e. The van der Waals surface area contributed by atoms with Crippen molar-refractivity contribution in [1.29, 1.82) is 0 Å². The number of ketones is 1. The minimum atomic E-state index is -5.09. The molecular weight excluding hydrogens is 411 g/mol. The number of hydrogen-bond donors (Lipinski definition) is 1. The highest BCUT2D eigenvalue weighted by Gasteiger charge is 2.33. The number of aromatic amines is 1. The van der Waals surface area contributed by atoms with E-state index in [-0.39, 0.29) is 23.2 Å². The number of H-pyrrole nitrogens is 1. The summed E-state index contributed by atoms with van der Waals surface area (Å²) >= 11 is 0. The first-order chi connectivity index (χ1) is 14.1. The number of carbonyl (C=O) groups excluding carboxylic acids is 1. The van der Waals surface area contributed by atoms with Crippen molar-refractivity contribution in [3.05, 3.63) is 93.7 Å². The van der Waals surface area contributed by atoms with Crippen LogP contribution in [0.2, 0.25) is 0 Å². The van der Waals surface area contributed by atoms with Crippen LogP contribution in [0, 0.1) is 11.6 Å². The molecule has 3 rings (SSSR count). The lowest BCUT2D eigenvalue weighted by atomic mass is 9.88. The van der Waals surface area contributed by atoms with Crippen molar-refractivity contribution in [3.8, 4) is 5.75 Å². The zero-order valence-electron chi connectivity index (χ0n) is 15.0. The van der Waals surface area contributed by atoms with E-state index >= 15 is 0 Å². The molecule has 0 saturated carbocycles. The molecule has 0 amide bonds. The molecule has 3 aromatic rings. The van der Waals surface area contributed by atoms with Crippen LogP contribution in [0.3, 0.4) is 0 Å². The Morgan fingerprint density at radius 2 is 1.87 bits per heavy atom. The second-order valence-electron chi connectivity index (χ2n) is 6.23. The zero-order valence-corrected chi connectivity index (χ0v) is 15.0. The first kappa shape index (κ1) is 21.2. The SMILES string of the molecule is O=C(C[C@@H](c1ccc(OC(F)(F)F)c(F)c1)c1ncccc1F)c1ccc(=O)[nH]c1. The van der Waals surface area contributed by atoms with Crippen molar-refractivity contribution in [3.63, 3.8) is 0 Å². The summed E-state index contributed by atoms with van der Waals surface area (Å²) in [6, 6.07) is 7.40. The summed E-state index contributed by atoms with van der Waals surface area (Å²) < 4.78 is 69.2. The van der Waals surface area contributed by atoms with Crippen molar-refractivity contribution in [2.45, 2.75) is 18.7 Å². The second kappa shape index (κ2) is 8.44. The maximum Gasteiger partial charge on any atom is 0.573 e. The summed E-state index contributed by atoms with van der Waals surface area (Å²) in [5.74, 6) is -4.77. The normalized spacial score (nSPS) is 12.4. The molecule has 0 bridgehead atoms. The molecule has 1 atom stereocenters. The molecular formula is C20H13F5N2O3. The number of benzene rings is 1. The van der Waals surface area contributed by atoms with Gasteiger partial charge in [0.25, 0.3) is 0 Å². The molecule has 5 nitrogen and oxygen atoms in total. The molecule has 0 aliphatic carbocycles. The van der Waals surface area contributed by atoms with Gasteiger partial charge in [-0.3, -0.25) is 14.6 Å². The number of nitrogens with zero attached hydrogens (tertiary/aromatic N) is 1. The Morgan fingerprint density at radius 1 is 1.10 bits per heavy atom. The molecule has 0 fully saturated rings. The van der Waals surface area contributed by atoms with Crippen LogP contribution >= 0.6 is 0 Å². The molecule has 30 heavy (non-hydrogen) atoms. The Morgan fingerprint density at radius 3 is 2.47 bits per heavy atom. The maximum absolute atomic E-state index is 14.3. The highest BCUT2D eigenvalue weighted by atomic mass is 19.4. The fraction of sp³-hybridized carbons (Fsp3) is 0.150. The third kappa shape index (κ3) is 5.07. The van der Waals surface area contributed by atoms with Gasteiger partial charge < -0.3 is 9.72 Å². The molecule has 0 spiro atoms. The summed E-state index contributed by atoms with van der Waals surface area (Å²) in [6.45, 7) is 0. The van der Waals surface area contributed by atoms with Crippen LogP contribution in [0.25, 0.3) is 0 Å². The number of carbonyl (C=O) groups is 1. The molecule has 1 aromatic carbocycles. The summed E-state index contributed by atoms with van der Waals surface area (Å²) in [4.78, 5) is 30.0. The number of ether oxygens (including phenoxy) is 1. The average molecular weight is 424 g/mol. The number of halogens is 5. The molecule has 0 unspecified atom stereocenters. The zero-order chi connectivity index (χ0) is 21.9. The Kier molecular flexibility index (Phi) is 5.95. The van der Waals surface area contributed by atoms with Gasteiger partial charge in [0.15, 0.2) is 17.3 Å². The Balaban J connectivity index is 1.99. The van der Waals surface area contributed by atoms with Gasteiger partial charge in [0.2, 0.25) is 5.56 Å². The van der Waals surface area contributed by atoms with Crippen molar-refractivity contribution >= 4 is 5.78 Å². The number of Topliss-reactive ketones (excluding diaryl/α,β-unsaturated/α-hetero) is 1. The fourth-order valence-corrected chi connectivity index (χ4v) is 2.86. The minimum absolute atomic E-state index is 0.0254. The van der Waals surface area contributed by atoms with Gasteiger partial charge in [-0.1, -0.05) is 6.07 Å². The van der Waals surface area contributed by atoms with Crippen LogP contribution in [0.1, 0.15) is 34.0 Å². The van der Waals surface area contributed by atoms with E-state index < -0.39 is 41.0 Å². The van der Waals surface area contributed by atoms with Crippen LogP contribution in [0.5, 0.6) is 5.75 Å². The molecule has 1 N–H and O–H groups in total. The number of alkyl halides is 3. The lowest BCUT2D eigenvalue weighted by Gasteiger charge is -2.18. The summed E-state index contributed by atoms with van der Waals surface area (Å²) in [5.41, 5.74) is -0.466. The largest absolute Gasteiger partial charge is 0.573 e.